The van der Waals surface area contributed by atoms with Crippen molar-refractivity contribution < 1.29 is 13.2 Å². The van der Waals surface area contributed by atoms with E-state index in [1.165, 1.54) is 4.90 Å². The second-order valence-electron chi connectivity index (χ2n) is 5.40. The van der Waals surface area contributed by atoms with Crippen LogP contribution in [0.25, 0.3) is 11.3 Å². The zero-order valence-corrected chi connectivity index (χ0v) is 14.3. The average Bonchev–Trinajstić information content (AvgIpc) is 2.94. The number of thiazole rings is 1. The van der Waals surface area contributed by atoms with Gasteiger partial charge in [-0.25, -0.2) is 18.2 Å². The lowest BCUT2D eigenvalue weighted by Gasteiger charge is -2.26. The van der Waals surface area contributed by atoms with E-state index < -0.39 is 9.84 Å². The first-order valence-corrected chi connectivity index (χ1v) is 9.92. The predicted octanol–water partition coefficient (Wildman–Crippen LogP) is 2.38. The van der Waals surface area contributed by atoms with Gasteiger partial charge >= 0.3 is 6.03 Å². The quantitative estimate of drug-likeness (QED) is 0.901. The molecular weight excluding hydrogens is 334 g/mol. The fourth-order valence-corrected chi connectivity index (χ4v) is 4.19. The van der Waals surface area contributed by atoms with Crippen LogP contribution in [0, 0.1) is 6.92 Å². The normalized spacial score (nSPS) is 17.0. The molecule has 0 atom stereocenters. The second kappa shape index (κ2) is 6.29. The summed E-state index contributed by atoms with van der Waals surface area (Å²) >= 11 is 1.58. The van der Waals surface area contributed by atoms with Crippen LogP contribution in [0.2, 0.25) is 0 Å². The summed E-state index contributed by atoms with van der Waals surface area (Å²) in [6.07, 6.45) is 0. The van der Waals surface area contributed by atoms with E-state index in [1.54, 1.807) is 17.4 Å². The highest BCUT2D eigenvalue weighted by molar-refractivity contribution is 7.91. The topological polar surface area (TPSA) is 79.4 Å². The summed E-state index contributed by atoms with van der Waals surface area (Å²) in [5.74, 6) is 0.0527. The third-order valence-corrected chi connectivity index (χ3v) is 6.04. The minimum atomic E-state index is -2.99. The molecule has 0 saturated carbocycles. The average molecular weight is 351 g/mol. The lowest BCUT2D eigenvalue weighted by atomic mass is 10.1. The maximum Gasteiger partial charge on any atom is 0.321 e. The van der Waals surface area contributed by atoms with Crippen LogP contribution in [-0.2, 0) is 9.84 Å². The maximum atomic E-state index is 12.2. The number of amides is 2. The summed E-state index contributed by atoms with van der Waals surface area (Å²) < 4.78 is 22.8. The van der Waals surface area contributed by atoms with Gasteiger partial charge in [0.15, 0.2) is 9.84 Å². The van der Waals surface area contributed by atoms with Crippen LogP contribution in [0.15, 0.2) is 29.6 Å². The van der Waals surface area contributed by atoms with Crippen molar-refractivity contribution in [1.82, 2.24) is 9.88 Å². The molecule has 0 spiro atoms. The first-order chi connectivity index (χ1) is 10.9. The van der Waals surface area contributed by atoms with Crippen LogP contribution >= 0.6 is 11.3 Å². The van der Waals surface area contributed by atoms with Gasteiger partial charge in [-0.3, -0.25) is 0 Å². The van der Waals surface area contributed by atoms with E-state index in [9.17, 15) is 13.2 Å². The SMILES string of the molecule is Cc1nc(-c2cccc(NC(=O)N3CCS(=O)(=O)CC3)c2)cs1. The van der Waals surface area contributed by atoms with Crippen molar-refractivity contribution in [2.24, 2.45) is 0 Å². The molecule has 6 nitrogen and oxygen atoms in total. The molecular formula is C15H17N3O3S2. The van der Waals surface area contributed by atoms with Gasteiger partial charge in [-0.1, -0.05) is 12.1 Å². The van der Waals surface area contributed by atoms with Gasteiger partial charge in [-0.05, 0) is 19.1 Å². The Hall–Kier alpha value is -1.93. The van der Waals surface area contributed by atoms with Crippen molar-refractivity contribution >= 4 is 32.9 Å². The number of carbonyl (C=O) groups is 1. The van der Waals surface area contributed by atoms with Crippen molar-refractivity contribution in [3.8, 4) is 11.3 Å². The lowest BCUT2D eigenvalue weighted by molar-refractivity contribution is 0.216. The highest BCUT2D eigenvalue weighted by atomic mass is 32.2. The molecule has 1 fully saturated rings. The van der Waals surface area contributed by atoms with Crippen molar-refractivity contribution in [2.75, 3.05) is 29.9 Å². The van der Waals surface area contributed by atoms with Crippen LogP contribution in [0.5, 0.6) is 0 Å². The number of hydrogen-bond acceptors (Lipinski definition) is 5. The number of sulfone groups is 1. The van der Waals surface area contributed by atoms with Gasteiger partial charge in [0.1, 0.15) is 0 Å². The van der Waals surface area contributed by atoms with E-state index in [1.807, 2.05) is 30.5 Å². The van der Waals surface area contributed by atoms with Gasteiger partial charge in [0.25, 0.3) is 0 Å². The molecule has 0 unspecified atom stereocenters. The van der Waals surface area contributed by atoms with Gasteiger partial charge in [-0.2, -0.15) is 0 Å². The zero-order valence-electron chi connectivity index (χ0n) is 12.7. The number of nitrogens with zero attached hydrogens (tertiary/aromatic N) is 2. The minimum absolute atomic E-state index is 0.0263. The Morgan fingerprint density at radius 2 is 2.04 bits per heavy atom. The number of benzene rings is 1. The van der Waals surface area contributed by atoms with E-state index in [2.05, 4.69) is 10.3 Å². The van der Waals surface area contributed by atoms with Gasteiger partial charge in [0, 0.05) is 29.7 Å². The molecule has 1 aliphatic rings. The zero-order chi connectivity index (χ0) is 16.4. The molecule has 122 valence electrons. The summed E-state index contributed by atoms with van der Waals surface area (Å²) in [6, 6.07) is 7.21. The third-order valence-electron chi connectivity index (χ3n) is 3.66. The molecule has 1 aliphatic heterocycles. The van der Waals surface area contributed by atoms with E-state index in [0.717, 1.165) is 16.3 Å². The van der Waals surface area contributed by atoms with Crippen molar-refractivity contribution in [2.45, 2.75) is 6.92 Å². The lowest BCUT2D eigenvalue weighted by Crippen LogP contribution is -2.45. The highest BCUT2D eigenvalue weighted by Crippen LogP contribution is 2.24. The molecule has 0 bridgehead atoms. The molecule has 23 heavy (non-hydrogen) atoms. The number of carbonyl (C=O) groups excluding carboxylic acids is 1. The molecule has 2 heterocycles. The molecule has 1 N–H and O–H groups in total. The van der Waals surface area contributed by atoms with Crippen LogP contribution in [0.4, 0.5) is 10.5 Å². The van der Waals surface area contributed by atoms with Gasteiger partial charge < -0.3 is 10.2 Å². The Morgan fingerprint density at radius 1 is 1.30 bits per heavy atom. The van der Waals surface area contributed by atoms with Crippen LogP contribution in [0.3, 0.4) is 0 Å². The third kappa shape index (κ3) is 3.89. The van der Waals surface area contributed by atoms with Crippen LogP contribution in [0.1, 0.15) is 5.01 Å². The molecule has 2 aromatic rings. The highest BCUT2D eigenvalue weighted by Gasteiger charge is 2.25. The summed E-state index contributed by atoms with van der Waals surface area (Å²) in [4.78, 5) is 18.2. The number of nitrogens with one attached hydrogen (secondary N) is 1. The van der Waals surface area contributed by atoms with Crippen LogP contribution in [-0.4, -0.2) is 48.9 Å². The Morgan fingerprint density at radius 3 is 2.70 bits per heavy atom. The molecule has 0 radical (unpaired) electrons. The summed E-state index contributed by atoms with van der Waals surface area (Å²) in [5, 5.41) is 5.79. The largest absolute Gasteiger partial charge is 0.322 e. The fraction of sp³-hybridized carbons (Fsp3) is 0.333. The predicted molar refractivity (Wildman–Crippen MR) is 91.5 cm³/mol. The molecule has 8 heteroatoms. The summed E-state index contributed by atoms with van der Waals surface area (Å²) in [7, 11) is -2.99. The Bertz CT molecular complexity index is 816. The van der Waals surface area contributed by atoms with E-state index in [4.69, 9.17) is 0 Å². The Labute approximate surface area is 139 Å². The first kappa shape index (κ1) is 15.9. The Balaban J connectivity index is 1.70. The molecule has 2 amide bonds. The number of anilines is 1. The second-order valence-corrected chi connectivity index (χ2v) is 8.77. The van der Waals surface area contributed by atoms with Gasteiger partial charge in [-0.15, -0.1) is 11.3 Å². The maximum absolute atomic E-state index is 12.2. The standard InChI is InChI=1S/C15H17N3O3S2/c1-11-16-14(10-22-11)12-3-2-4-13(9-12)17-15(19)18-5-7-23(20,21)8-6-18/h2-4,9-10H,5-8H2,1H3,(H,17,19). The van der Waals surface area contributed by atoms with E-state index in [0.29, 0.717) is 5.69 Å². The van der Waals surface area contributed by atoms with Crippen molar-refractivity contribution in [1.29, 1.82) is 0 Å². The van der Waals surface area contributed by atoms with Gasteiger partial charge in [0.2, 0.25) is 0 Å². The molecule has 0 aliphatic carbocycles. The number of rotatable bonds is 2. The number of hydrogen-bond donors (Lipinski definition) is 1. The smallest absolute Gasteiger partial charge is 0.321 e. The van der Waals surface area contributed by atoms with Gasteiger partial charge in [0.05, 0.1) is 22.2 Å². The summed E-state index contributed by atoms with van der Waals surface area (Å²) in [5.41, 5.74) is 2.49. The molecule has 1 saturated heterocycles. The fourth-order valence-electron chi connectivity index (χ4n) is 2.37. The monoisotopic (exact) mass is 351 g/mol. The number of aromatic nitrogens is 1. The van der Waals surface area contributed by atoms with E-state index >= 15 is 0 Å². The first-order valence-electron chi connectivity index (χ1n) is 7.22. The van der Waals surface area contributed by atoms with Crippen molar-refractivity contribution in [3.05, 3.63) is 34.7 Å². The van der Waals surface area contributed by atoms with Crippen LogP contribution < -0.4 is 5.32 Å². The summed E-state index contributed by atoms with van der Waals surface area (Å²) in [6.45, 7) is 2.42. The molecule has 3 rings (SSSR count). The minimum Gasteiger partial charge on any atom is -0.322 e. The van der Waals surface area contributed by atoms with E-state index in [-0.39, 0.29) is 30.6 Å². The Kier molecular flexibility index (Phi) is 4.36. The number of aryl methyl sites for hydroxylation is 1. The molecule has 1 aromatic heterocycles. The van der Waals surface area contributed by atoms with Crippen molar-refractivity contribution in [3.63, 3.8) is 0 Å². The number of urea groups is 1. The molecule has 1 aromatic carbocycles.